The van der Waals surface area contributed by atoms with E-state index in [2.05, 4.69) is 23.9 Å². The minimum absolute atomic E-state index is 0.0574. The van der Waals surface area contributed by atoms with Crippen LogP contribution in [0.2, 0.25) is 5.02 Å². The molecule has 5 nitrogen and oxygen atoms in total. The van der Waals surface area contributed by atoms with Crippen LogP contribution in [0, 0.1) is 5.92 Å². The smallest absolute Gasteiger partial charge is 0.261 e. The van der Waals surface area contributed by atoms with Crippen LogP contribution >= 0.6 is 11.6 Å². The SMILES string of the molecule is CC(C)CNC(=O)C1(c2ccc(NS(=O)(=O)c3ccc(Cl)cc3)cc2)CCC1. The zero-order valence-electron chi connectivity index (χ0n) is 16.0. The molecular weight excluding hydrogens is 396 g/mol. The van der Waals surface area contributed by atoms with Gasteiger partial charge in [-0.05, 0) is 60.7 Å². The van der Waals surface area contributed by atoms with Crippen molar-refractivity contribution in [2.24, 2.45) is 5.92 Å². The Balaban J connectivity index is 1.75. The summed E-state index contributed by atoms with van der Waals surface area (Å²) in [5.74, 6) is 0.452. The van der Waals surface area contributed by atoms with E-state index < -0.39 is 15.4 Å². The van der Waals surface area contributed by atoms with Crippen LogP contribution in [0.3, 0.4) is 0 Å². The molecule has 1 amide bonds. The molecule has 0 aliphatic heterocycles. The van der Waals surface area contributed by atoms with Crippen LogP contribution < -0.4 is 10.0 Å². The van der Waals surface area contributed by atoms with Crippen molar-refractivity contribution in [3.05, 3.63) is 59.1 Å². The fraction of sp³-hybridized carbons (Fsp3) is 0.381. The lowest BCUT2D eigenvalue weighted by molar-refractivity contribution is -0.130. The van der Waals surface area contributed by atoms with Crippen LogP contribution in [0.4, 0.5) is 5.69 Å². The van der Waals surface area contributed by atoms with Gasteiger partial charge in [-0.1, -0.05) is 44.0 Å². The highest BCUT2D eigenvalue weighted by Gasteiger charge is 2.45. The number of rotatable bonds is 7. The average molecular weight is 421 g/mol. The topological polar surface area (TPSA) is 75.3 Å². The largest absolute Gasteiger partial charge is 0.355 e. The highest BCUT2D eigenvalue weighted by Crippen LogP contribution is 2.44. The van der Waals surface area contributed by atoms with Gasteiger partial charge >= 0.3 is 0 Å². The molecule has 1 aliphatic carbocycles. The van der Waals surface area contributed by atoms with E-state index in [0.717, 1.165) is 24.8 Å². The normalized spacial score (nSPS) is 15.7. The maximum absolute atomic E-state index is 12.7. The molecule has 2 aromatic rings. The molecule has 2 N–H and O–H groups in total. The van der Waals surface area contributed by atoms with Crippen molar-refractivity contribution in [3.8, 4) is 0 Å². The van der Waals surface area contributed by atoms with Crippen LogP contribution in [0.5, 0.6) is 0 Å². The number of nitrogens with one attached hydrogen (secondary N) is 2. The van der Waals surface area contributed by atoms with Crippen molar-refractivity contribution < 1.29 is 13.2 Å². The summed E-state index contributed by atoms with van der Waals surface area (Å²) in [7, 11) is -3.69. The van der Waals surface area contributed by atoms with Crippen LogP contribution in [0.1, 0.15) is 38.7 Å². The first-order chi connectivity index (χ1) is 13.2. The summed E-state index contributed by atoms with van der Waals surface area (Å²) in [6.07, 6.45) is 2.64. The van der Waals surface area contributed by atoms with E-state index in [1.54, 1.807) is 12.1 Å². The molecule has 1 saturated carbocycles. The monoisotopic (exact) mass is 420 g/mol. The van der Waals surface area contributed by atoms with E-state index in [1.807, 2.05) is 12.1 Å². The van der Waals surface area contributed by atoms with Gasteiger partial charge < -0.3 is 5.32 Å². The number of halogens is 1. The predicted molar refractivity (Wildman–Crippen MR) is 112 cm³/mol. The average Bonchev–Trinajstić information content (AvgIpc) is 2.60. The summed E-state index contributed by atoms with van der Waals surface area (Å²) >= 11 is 5.82. The highest BCUT2D eigenvalue weighted by atomic mass is 35.5. The summed E-state index contributed by atoms with van der Waals surface area (Å²) in [4.78, 5) is 12.9. The van der Waals surface area contributed by atoms with Crippen LogP contribution in [0.25, 0.3) is 0 Å². The van der Waals surface area contributed by atoms with Crippen LogP contribution in [0.15, 0.2) is 53.4 Å². The molecule has 1 aliphatic rings. The first-order valence-corrected chi connectivity index (χ1v) is 11.3. The molecule has 0 unspecified atom stereocenters. The van der Waals surface area contributed by atoms with Gasteiger partial charge in [-0.25, -0.2) is 8.42 Å². The van der Waals surface area contributed by atoms with Crippen molar-refractivity contribution in [1.82, 2.24) is 5.32 Å². The lowest BCUT2D eigenvalue weighted by Gasteiger charge is -2.41. The standard InChI is InChI=1S/C21H25ClN2O3S/c1-15(2)14-23-20(25)21(12-3-13-21)16-4-8-18(9-5-16)24-28(26,27)19-10-6-17(22)7-11-19/h4-11,15,24H,3,12-14H2,1-2H3,(H,23,25). The van der Waals surface area contributed by atoms with E-state index in [4.69, 9.17) is 11.6 Å². The molecule has 2 aromatic carbocycles. The summed E-state index contributed by atoms with van der Waals surface area (Å²) in [5.41, 5.74) is 0.882. The first-order valence-electron chi connectivity index (χ1n) is 9.40. The zero-order valence-corrected chi connectivity index (χ0v) is 17.6. The second kappa shape index (κ2) is 8.13. The van der Waals surface area contributed by atoms with E-state index in [-0.39, 0.29) is 10.8 Å². The van der Waals surface area contributed by atoms with Gasteiger partial charge in [0.2, 0.25) is 5.91 Å². The Kier molecular flexibility index (Phi) is 6.01. The number of anilines is 1. The van der Waals surface area contributed by atoms with Crippen LogP contribution in [-0.4, -0.2) is 20.9 Å². The van der Waals surface area contributed by atoms with E-state index in [1.165, 1.54) is 24.3 Å². The Morgan fingerprint density at radius 1 is 1.07 bits per heavy atom. The fourth-order valence-electron chi connectivity index (χ4n) is 3.33. The number of benzene rings is 2. The summed E-state index contributed by atoms with van der Waals surface area (Å²) < 4.78 is 27.6. The Labute approximate surface area is 171 Å². The van der Waals surface area contributed by atoms with E-state index in [9.17, 15) is 13.2 Å². The third-order valence-electron chi connectivity index (χ3n) is 5.13. The predicted octanol–water partition coefficient (Wildman–Crippen LogP) is 4.33. The van der Waals surface area contributed by atoms with Gasteiger partial charge in [-0.2, -0.15) is 0 Å². The Morgan fingerprint density at radius 2 is 1.68 bits per heavy atom. The Hall–Kier alpha value is -2.05. The van der Waals surface area contributed by atoms with Crippen molar-refractivity contribution in [2.75, 3.05) is 11.3 Å². The maximum Gasteiger partial charge on any atom is 0.261 e. The van der Waals surface area contributed by atoms with Gasteiger partial charge in [0.25, 0.3) is 10.0 Å². The molecule has 1 fully saturated rings. The molecule has 0 atom stereocenters. The molecule has 28 heavy (non-hydrogen) atoms. The summed E-state index contributed by atoms with van der Waals surface area (Å²) in [6.45, 7) is 4.78. The molecule has 0 heterocycles. The lowest BCUT2D eigenvalue weighted by Crippen LogP contribution is -2.49. The third-order valence-corrected chi connectivity index (χ3v) is 6.78. The molecule has 0 spiro atoms. The molecule has 0 saturated heterocycles. The van der Waals surface area contributed by atoms with Crippen molar-refractivity contribution in [3.63, 3.8) is 0 Å². The molecule has 0 bridgehead atoms. The third kappa shape index (κ3) is 4.33. The van der Waals surface area contributed by atoms with Crippen molar-refractivity contribution in [1.29, 1.82) is 0 Å². The van der Waals surface area contributed by atoms with Crippen molar-refractivity contribution >= 4 is 33.2 Å². The van der Waals surface area contributed by atoms with E-state index >= 15 is 0 Å². The second-order valence-electron chi connectivity index (χ2n) is 7.68. The first kappa shape index (κ1) is 20.7. The summed E-state index contributed by atoms with van der Waals surface area (Å²) in [5, 5.41) is 3.52. The highest BCUT2D eigenvalue weighted by molar-refractivity contribution is 7.92. The maximum atomic E-state index is 12.7. The molecule has 150 valence electrons. The number of carbonyl (C=O) groups is 1. The summed E-state index contributed by atoms with van der Waals surface area (Å²) in [6, 6.07) is 13.1. The number of carbonyl (C=O) groups excluding carboxylic acids is 1. The molecular formula is C21H25ClN2O3S. The van der Waals surface area contributed by atoms with Gasteiger partial charge in [-0.3, -0.25) is 9.52 Å². The van der Waals surface area contributed by atoms with Crippen LogP contribution in [-0.2, 0) is 20.2 Å². The minimum atomic E-state index is -3.69. The van der Waals surface area contributed by atoms with E-state index in [0.29, 0.717) is 23.2 Å². The van der Waals surface area contributed by atoms with Gasteiger partial charge in [0, 0.05) is 17.3 Å². The van der Waals surface area contributed by atoms with Gasteiger partial charge in [-0.15, -0.1) is 0 Å². The number of amides is 1. The van der Waals surface area contributed by atoms with Gasteiger partial charge in [0.15, 0.2) is 0 Å². The quantitative estimate of drug-likeness (QED) is 0.699. The molecule has 7 heteroatoms. The van der Waals surface area contributed by atoms with Gasteiger partial charge in [0.1, 0.15) is 0 Å². The lowest BCUT2D eigenvalue weighted by atomic mass is 9.63. The fourth-order valence-corrected chi connectivity index (χ4v) is 4.51. The second-order valence-corrected chi connectivity index (χ2v) is 9.80. The Bertz CT molecular complexity index is 935. The Morgan fingerprint density at radius 3 is 2.18 bits per heavy atom. The number of hydrogen-bond donors (Lipinski definition) is 2. The molecule has 3 rings (SSSR count). The minimum Gasteiger partial charge on any atom is -0.355 e. The molecule has 0 radical (unpaired) electrons. The number of hydrogen-bond acceptors (Lipinski definition) is 3. The molecule has 0 aromatic heterocycles. The number of sulfonamides is 1. The van der Waals surface area contributed by atoms with Crippen molar-refractivity contribution in [2.45, 2.75) is 43.4 Å². The zero-order chi connectivity index (χ0) is 20.4. The van der Waals surface area contributed by atoms with Gasteiger partial charge in [0.05, 0.1) is 10.3 Å².